The quantitative estimate of drug-likeness (QED) is 0.545. The summed E-state index contributed by atoms with van der Waals surface area (Å²) in [6, 6.07) is 13.9. The van der Waals surface area contributed by atoms with Crippen LogP contribution in [-0.2, 0) is 22.7 Å². The number of H-pyrrole nitrogens is 1. The molecule has 8 nitrogen and oxygen atoms in total. The molecule has 8 heteroatoms. The van der Waals surface area contributed by atoms with Gasteiger partial charge in [0.15, 0.2) is 0 Å². The number of benzene rings is 1. The average molecular weight is 374 g/mol. The molecule has 0 fully saturated rings. The second-order valence-corrected chi connectivity index (χ2v) is 6.17. The van der Waals surface area contributed by atoms with Crippen LogP contribution in [0.2, 0.25) is 0 Å². The average Bonchev–Trinajstić information content (AvgIpc) is 3.08. The zero-order chi connectivity index (χ0) is 19.7. The number of pyridine rings is 1. The first-order chi connectivity index (χ1) is 13.6. The van der Waals surface area contributed by atoms with Crippen LogP contribution in [0.4, 0.5) is 0 Å². The number of carbonyl (C=O) groups excluding carboxylic acids is 1. The molecule has 3 heterocycles. The van der Waals surface area contributed by atoms with E-state index in [4.69, 9.17) is 4.74 Å². The second kappa shape index (κ2) is 6.89. The maximum absolute atomic E-state index is 12.4. The number of hydrogen-bond donors (Lipinski definition) is 1. The number of fused-ring (bicyclic) bond motifs is 2. The standard InChI is InChI=1S/C20H14N4O4/c21-9-16-13(10-23-8-4-3-7-17(16)23)12-28-18(25)11-24-20(27)15-6-2-1-5-14(15)19(26)22-24/h1-8,10H,11-12H2,(H,22,26). The molecule has 138 valence electrons. The summed E-state index contributed by atoms with van der Waals surface area (Å²) in [5.41, 5.74) is 0.741. The molecule has 0 aliphatic carbocycles. The molecular weight excluding hydrogens is 360 g/mol. The number of hydrogen-bond acceptors (Lipinski definition) is 5. The van der Waals surface area contributed by atoms with Gasteiger partial charge in [0.1, 0.15) is 19.2 Å². The van der Waals surface area contributed by atoms with Crippen molar-refractivity contribution in [1.82, 2.24) is 14.2 Å². The number of aromatic nitrogens is 3. The van der Waals surface area contributed by atoms with Crippen molar-refractivity contribution < 1.29 is 9.53 Å². The highest BCUT2D eigenvalue weighted by molar-refractivity contribution is 5.80. The van der Waals surface area contributed by atoms with Crippen LogP contribution in [0.1, 0.15) is 11.1 Å². The van der Waals surface area contributed by atoms with Crippen molar-refractivity contribution in [3.05, 3.63) is 86.7 Å². The Kier molecular flexibility index (Phi) is 4.26. The highest BCUT2D eigenvalue weighted by Crippen LogP contribution is 2.18. The summed E-state index contributed by atoms with van der Waals surface area (Å²) >= 11 is 0. The van der Waals surface area contributed by atoms with E-state index < -0.39 is 23.6 Å². The van der Waals surface area contributed by atoms with Crippen LogP contribution in [0.25, 0.3) is 16.3 Å². The molecule has 1 N–H and O–H groups in total. The van der Waals surface area contributed by atoms with Gasteiger partial charge < -0.3 is 9.14 Å². The van der Waals surface area contributed by atoms with Crippen LogP contribution >= 0.6 is 0 Å². The van der Waals surface area contributed by atoms with Crippen molar-refractivity contribution in [2.24, 2.45) is 0 Å². The van der Waals surface area contributed by atoms with Gasteiger partial charge in [-0.05, 0) is 24.3 Å². The fourth-order valence-corrected chi connectivity index (χ4v) is 3.11. The number of carbonyl (C=O) groups is 1. The summed E-state index contributed by atoms with van der Waals surface area (Å²) in [6.45, 7) is -0.551. The molecule has 3 aromatic heterocycles. The van der Waals surface area contributed by atoms with E-state index >= 15 is 0 Å². The van der Waals surface area contributed by atoms with Crippen LogP contribution in [0.15, 0.2) is 64.4 Å². The van der Waals surface area contributed by atoms with Crippen molar-refractivity contribution in [2.75, 3.05) is 0 Å². The van der Waals surface area contributed by atoms with Crippen LogP contribution in [-0.4, -0.2) is 20.2 Å². The van der Waals surface area contributed by atoms with Gasteiger partial charge in [-0.3, -0.25) is 19.5 Å². The molecule has 0 aliphatic heterocycles. The molecule has 28 heavy (non-hydrogen) atoms. The number of aromatic amines is 1. The van der Waals surface area contributed by atoms with Gasteiger partial charge in [0.05, 0.1) is 21.9 Å². The predicted octanol–water partition coefficient (Wildman–Crippen LogP) is 1.56. The molecule has 0 bridgehead atoms. The number of rotatable bonds is 4. The van der Waals surface area contributed by atoms with Crippen molar-refractivity contribution >= 4 is 22.3 Å². The smallest absolute Gasteiger partial charge is 0.328 e. The Hall–Kier alpha value is -4.12. The lowest BCUT2D eigenvalue weighted by Crippen LogP contribution is -2.32. The first-order valence-corrected chi connectivity index (χ1v) is 8.44. The lowest BCUT2D eigenvalue weighted by atomic mass is 10.2. The number of nitrogens with zero attached hydrogens (tertiary/aromatic N) is 3. The third-order valence-corrected chi connectivity index (χ3v) is 4.43. The first kappa shape index (κ1) is 17.3. The zero-order valence-corrected chi connectivity index (χ0v) is 14.6. The minimum atomic E-state index is -0.702. The van der Waals surface area contributed by atoms with Crippen LogP contribution in [0, 0.1) is 11.3 Å². The highest BCUT2D eigenvalue weighted by Gasteiger charge is 2.14. The lowest BCUT2D eigenvalue weighted by molar-refractivity contribution is -0.146. The minimum Gasteiger partial charge on any atom is -0.459 e. The third kappa shape index (κ3) is 2.95. The van der Waals surface area contributed by atoms with Gasteiger partial charge in [-0.25, -0.2) is 4.68 Å². The van der Waals surface area contributed by atoms with Crippen LogP contribution in [0.3, 0.4) is 0 Å². The predicted molar refractivity (Wildman–Crippen MR) is 101 cm³/mol. The van der Waals surface area contributed by atoms with Gasteiger partial charge in [-0.15, -0.1) is 0 Å². The molecule has 4 rings (SSSR count). The number of esters is 1. The van der Waals surface area contributed by atoms with Gasteiger partial charge >= 0.3 is 5.97 Å². The Labute approximate surface area is 157 Å². The summed E-state index contributed by atoms with van der Waals surface area (Å²) in [5.74, 6) is -0.702. The molecule has 0 unspecified atom stereocenters. The van der Waals surface area contributed by atoms with E-state index in [0.717, 1.165) is 4.68 Å². The Bertz CT molecular complexity index is 1370. The maximum Gasteiger partial charge on any atom is 0.328 e. The van der Waals surface area contributed by atoms with E-state index in [0.29, 0.717) is 16.6 Å². The van der Waals surface area contributed by atoms with Crippen molar-refractivity contribution in [3.8, 4) is 6.07 Å². The van der Waals surface area contributed by atoms with Gasteiger partial charge in [-0.1, -0.05) is 18.2 Å². The molecule has 0 spiro atoms. The molecular formula is C20H14N4O4. The van der Waals surface area contributed by atoms with E-state index in [1.807, 2.05) is 12.1 Å². The van der Waals surface area contributed by atoms with Gasteiger partial charge in [0.25, 0.3) is 11.1 Å². The molecule has 0 aliphatic rings. The first-order valence-electron chi connectivity index (χ1n) is 8.44. The lowest BCUT2D eigenvalue weighted by Gasteiger charge is -2.07. The largest absolute Gasteiger partial charge is 0.459 e. The highest BCUT2D eigenvalue weighted by atomic mass is 16.5. The number of nitriles is 1. The van der Waals surface area contributed by atoms with Crippen molar-refractivity contribution in [3.63, 3.8) is 0 Å². The summed E-state index contributed by atoms with van der Waals surface area (Å²) in [4.78, 5) is 36.7. The maximum atomic E-state index is 12.4. The van der Waals surface area contributed by atoms with Crippen molar-refractivity contribution in [2.45, 2.75) is 13.2 Å². The minimum absolute atomic E-state index is 0.115. The second-order valence-electron chi connectivity index (χ2n) is 6.17. The SMILES string of the molecule is N#Cc1c(COC(=O)Cn2[nH]c(=O)c3ccccc3c2=O)cn2ccccc12. The van der Waals surface area contributed by atoms with E-state index in [-0.39, 0.29) is 17.4 Å². The number of nitrogens with one attached hydrogen (secondary N) is 1. The van der Waals surface area contributed by atoms with E-state index in [1.165, 1.54) is 6.07 Å². The topological polar surface area (TPSA) is 109 Å². The molecule has 0 radical (unpaired) electrons. The summed E-state index contributed by atoms with van der Waals surface area (Å²) in [5, 5.41) is 12.3. The fraction of sp³-hybridized carbons (Fsp3) is 0.100. The monoisotopic (exact) mass is 374 g/mol. The van der Waals surface area contributed by atoms with Crippen LogP contribution in [0.5, 0.6) is 0 Å². The molecule has 0 amide bonds. The van der Waals surface area contributed by atoms with E-state index in [2.05, 4.69) is 11.2 Å². The number of ether oxygens (including phenoxy) is 1. The summed E-state index contributed by atoms with van der Waals surface area (Å²) in [6.07, 6.45) is 3.51. The van der Waals surface area contributed by atoms with Gasteiger partial charge in [0, 0.05) is 18.0 Å². The molecule has 0 saturated heterocycles. The molecule has 1 aromatic carbocycles. The Balaban J connectivity index is 1.56. The fourth-order valence-electron chi connectivity index (χ4n) is 3.11. The normalized spacial score (nSPS) is 10.8. The molecule has 0 saturated carbocycles. The summed E-state index contributed by atoms with van der Waals surface area (Å²) in [7, 11) is 0. The molecule has 0 atom stereocenters. The van der Waals surface area contributed by atoms with Crippen molar-refractivity contribution in [1.29, 1.82) is 5.26 Å². The van der Waals surface area contributed by atoms with Gasteiger partial charge in [-0.2, -0.15) is 5.26 Å². The third-order valence-electron chi connectivity index (χ3n) is 4.43. The Morgan fingerprint density at radius 2 is 1.86 bits per heavy atom. The molecule has 4 aromatic rings. The van der Waals surface area contributed by atoms with E-state index in [9.17, 15) is 19.6 Å². The van der Waals surface area contributed by atoms with E-state index in [1.54, 1.807) is 41.1 Å². The zero-order valence-electron chi connectivity index (χ0n) is 14.6. The van der Waals surface area contributed by atoms with Crippen LogP contribution < -0.4 is 11.1 Å². The van der Waals surface area contributed by atoms with Gasteiger partial charge in [0.2, 0.25) is 0 Å². The summed E-state index contributed by atoms with van der Waals surface area (Å²) < 4.78 is 7.92. The Morgan fingerprint density at radius 3 is 2.64 bits per heavy atom. The Morgan fingerprint density at radius 1 is 1.11 bits per heavy atom.